The molecule has 2 heterocycles. The molecule has 0 unspecified atom stereocenters. The highest BCUT2D eigenvalue weighted by atomic mass is 16.7. The summed E-state index contributed by atoms with van der Waals surface area (Å²) in [7, 11) is 0. The van der Waals surface area contributed by atoms with E-state index in [9.17, 15) is 19.2 Å². The molecular weight excluding hydrogens is 524 g/mol. The number of hydrogen-bond acceptors (Lipinski definition) is 11. The van der Waals surface area contributed by atoms with Gasteiger partial charge in [0.15, 0.2) is 24.5 Å². The van der Waals surface area contributed by atoms with Crippen molar-refractivity contribution >= 4 is 23.9 Å². The van der Waals surface area contributed by atoms with Crippen molar-refractivity contribution < 1.29 is 47.6 Å². The van der Waals surface area contributed by atoms with Crippen LogP contribution in [0.1, 0.15) is 63.4 Å². The largest absolute Gasteiger partial charge is 0.494 e. The van der Waals surface area contributed by atoms with E-state index in [1.807, 2.05) is 45.0 Å². The zero-order valence-electron chi connectivity index (χ0n) is 23.8. The zero-order chi connectivity index (χ0) is 29.6. The van der Waals surface area contributed by atoms with Crippen molar-refractivity contribution in [2.24, 2.45) is 0 Å². The van der Waals surface area contributed by atoms with Crippen LogP contribution in [0.5, 0.6) is 5.75 Å². The molecule has 0 amide bonds. The van der Waals surface area contributed by atoms with Gasteiger partial charge in [-0.25, -0.2) is 4.68 Å². The maximum atomic E-state index is 12.2. The lowest BCUT2D eigenvalue weighted by Gasteiger charge is -2.44. The average Bonchev–Trinajstić information content (AvgIpc) is 3.14. The summed E-state index contributed by atoms with van der Waals surface area (Å²) in [5, 5.41) is 4.79. The van der Waals surface area contributed by atoms with Crippen LogP contribution in [0.25, 0.3) is 0 Å². The molecule has 1 aromatic heterocycles. The van der Waals surface area contributed by atoms with Crippen molar-refractivity contribution in [1.29, 1.82) is 0 Å². The lowest BCUT2D eigenvalue weighted by atomic mass is 9.97. The van der Waals surface area contributed by atoms with Crippen LogP contribution in [0, 0.1) is 13.8 Å². The van der Waals surface area contributed by atoms with E-state index in [1.165, 1.54) is 27.7 Å². The third kappa shape index (κ3) is 7.59. The Morgan fingerprint density at radius 2 is 1.43 bits per heavy atom. The standard InChI is InChI=1S/C28H36N2O10/c1-8-35-22-11-9-21(10-12-22)13-23-15(2)16(3)30(29-23)28-27(39-20(7)34)26(38-19(6)33)25(37-18(5)32)24(40-28)14-36-17(4)31/h9-12,24-28H,8,13-14H2,1-7H3/t24-,25-,26+,27-,28-/m1/s1. The first-order valence-electron chi connectivity index (χ1n) is 13.0. The van der Waals surface area contributed by atoms with Crippen LogP contribution in [0.15, 0.2) is 24.3 Å². The molecule has 2 aromatic rings. The Morgan fingerprint density at radius 1 is 0.850 bits per heavy atom. The van der Waals surface area contributed by atoms with Crippen LogP contribution in [0.2, 0.25) is 0 Å². The molecule has 5 atom stereocenters. The van der Waals surface area contributed by atoms with Crippen LogP contribution >= 0.6 is 0 Å². The number of carbonyl (C=O) groups is 4. The number of nitrogens with zero attached hydrogens (tertiary/aromatic N) is 2. The Balaban J connectivity index is 2.05. The molecule has 3 rings (SSSR count). The summed E-state index contributed by atoms with van der Waals surface area (Å²) in [6.07, 6.45) is -5.42. The van der Waals surface area contributed by atoms with Gasteiger partial charge in [0.25, 0.3) is 0 Å². The van der Waals surface area contributed by atoms with E-state index in [2.05, 4.69) is 0 Å². The molecule has 218 valence electrons. The highest BCUT2D eigenvalue weighted by molar-refractivity contribution is 5.68. The molecule has 0 N–H and O–H groups in total. The molecular formula is C28H36N2O10. The SMILES string of the molecule is CCOc1ccc(Cc2nn([C@@H]3O[C@H](COC(C)=O)[C@@H](OC(C)=O)[C@H](OC(C)=O)[C@H]3OC(C)=O)c(C)c2C)cc1. The smallest absolute Gasteiger partial charge is 0.303 e. The summed E-state index contributed by atoms with van der Waals surface area (Å²) in [5.41, 5.74) is 3.33. The van der Waals surface area contributed by atoms with Gasteiger partial charge in [0.2, 0.25) is 0 Å². The minimum atomic E-state index is -1.27. The van der Waals surface area contributed by atoms with Gasteiger partial charge in [0.1, 0.15) is 18.5 Å². The second kappa shape index (κ2) is 13.4. The van der Waals surface area contributed by atoms with Crippen LogP contribution < -0.4 is 4.74 Å². The molecule has 0 spiro atoms. The Kier molecular flexibility index (Phi) is 10.3. The van der Waals surface area contributed by atoms with Crippen LogP contribution in [-0.4, -0.2) is 71.3 Å². The number of esters is 4. The topological polar surface area (TPSA) is 141 Å². The van der Waals surface area contributed by atoms with E-state index in [-0.39, 0.29) is 6.61 Å². The molecule has 12 nitrogen and oxygen atoms in total. The lowest BCUT2D eigenvalue weighted by molar-refractivity contribution is -0.270. The van der Waals surface area contributed by atoms with Crippen molar-refractivity contribution in [1.82, 2.24) is 9.78 Å². The second-order valence-corrected chi connectivity index (χ2v) is 9.45. The summed E-state index contributed by atoms with van der Waals surface area (Å²) >= 11 is 0. The number of rotatable bonds is 10. The molecule has 1 aliphatic heterocycles. The fraction of sp³-hybridized carbons (Fsp3) is 0.536. The highest BCUT2D eigenvalue weighted by Crippen LogP contribution is 2.36. The maximum absolute atomic E-state index is 12.2. The monoisotopic (exact) mass is 560 g/mol. The predicted molar refractivity (Wildman–Crippen MR) is 139 cm³/mol. The number of carbonyl (C=O) groups excluding carboxylic acids is 4. The molecule has 0 aliphatic carbocycles. The van der Waals surface area contributed by atoms with Crippen molar-refractivity contribution in [2.75, 3.05) is 13.2 Å². The Hall–Kier alpha value is -3.93. The van der Waals surface area contributed by atoms with Crippen molar-refractivity contribution in [2.45, 2.75) is 85.5 Å². The van der Waals surface area contributed by atoms with Gasteiger partial charge in [-0.05, 0) is 44.0 Å². The molecule has 0 bridgehead atoms. The van der Waals surface area contributed by atoms with Crippen LogP contribution in [0.3, 0.4) is 0 Å². The number of benzene rings is 1. The van der Waals surface area contributed by atoms with E-state index >= 15 is 0 Å². The molecule has 1 aromatic carbocycles. The van der Waals surface area contributed by atoms with Crippen molar-refractivity contribution in [3.63, 3.8) is 0 Å². The molecule has 1 aliphatic rings. The highest BCUT2D eigenvalue weighted by Gasteiger charge is 2.53. The van der Waals surface area contributed by atoms with Gasteiger partial charge >= 0.3 is 23.9 Å². The third-order valence-electron chi connectivity index (χ3n) is 6.36. The van der Waals surface area contributed by atoms with Crippen LogP contribution in [-0.2, 0) is 49.3 Å². The van der Waals surface area contributed by atoms with E-state index in [4.69, 9.17) is 33.5 Å². The number of ether oxygens (including phenoxy) is 6. The average molecular weight is 561 g/mol. The summed E-state index contributed by atoms with van der Waals surface area (Å²) in [6.45, 7) is 10.7. The van der Waals surface area contributed by atoms with Gasteiger partial charge in [0, 0.05) is 39.8 Å². The molecule has 12 heteroatoms. The quantitative estimate of drug-likeness (QED) is 0.313. The van der Waals surface area contributed by atoms with Gasteiger partial charge in [-0.3, -0.25) is 19.2 Å². The minimum Gasteiger partial charge on any atom is -0.494 e. The zero-order valence-corrected chi connectivity index (χ0v) is 23.8. The predicted octanol–water partition coefficient (Wildman–Crippen LogP) is 2.75. The van der Waals surface area contributed by atoms with Gasteiger partial charge in [0.05, 0.1) is 12.3 Å². The summed E-state index contributed by atoms with van der Waals surface area (Å²) in [6, 6.07) is 7.68. The first-order chi connectivity index (χ1) is 18.9. The minimum absolute atomic E-state index is 0.313. The van der Waals surface area contributed by atoms with E-state index in [1.54, 1.807) is 4.68 Å². The van der Waals surface area contributed by atoms with Crippen molar-refractivity contribution in [3.05, 3.63) is 46.8 Å². The molecule has 40 heavy (non-hydrogen) atoms. The van der Waals surface area contributed by atoms with E-state index in [0.717, 1.165) is 22.6 Å². The maximum Gasteiger partial charge on any atom is 0.303 e. The summed E-state index contributed by atoms with van der Waals surface area (Å²) in [4.78, 5) is 47.9. The van der Waals surface area contributed by atoms with Crippen molar-refractivity contribution in [3.8, 4) is 5.75 Å². The Labute approximate surface area is 232 Å². The molecule has 1 fully saturated rings. The van der Waals surface area contributed by atoms with E-state index < -0.39 is 54.5 Å². The lowest BCUT2D eigenvalue weighted by Crippen LogP contribution is -2.60. The van der Waals surface area contributed by atoms with Gasteiger partial charge < -0.3 is 28.4 Å². The van der Waals surface area contributed by atoms with E-state index in [0.29, 0.717) is 18.7 Å². The van der Waals surface area contributed by atoms with Gasteiger partial charge in [-0.1, -0.05) is 12.1 Å². The second-order valence-electron chi connectivity index (χ2n) is 9.45. The molecule has 1 saturated heterocycles. The van der Waals surface area contributed by atoms with Crippen LogP contribution in [0.4, 0.5) is 0 Å². The Morgan fingerprint density at radius 3 is 1.98 bits per heavy atom. The first-order valence-corrected chi connectivity index (χ1v) is 13.0. The normalized spacial score (nSPS) is 22.2. The van der Waals surface area contributed by atoms with Gasteiger partial charge in [-0.15, -0.1) is 0 Å². The summed E-state index contributed by atoms with van der Waals surface area (Å²) < 4.78 is 35.1. The molecule has 0 radical (unpaired) electrons. The first kappa shape index (κ1) is 30.6. The van der Waals surface area contributed by atoms with Gasteiger partial charge in [-0.2, -0.15) is 5.10 Å². The molecule has 0 saturated carbocycles. The number of hydrogen-bond donors (Lipinski definition) is 0. The third-order valence-corrected chi connectivity index (χ3v) is 6.36. The fourth-order valence-corrected chi connectivity index (χ4v) is 4.54. The number of aromatic nitrogens is 2. The Bertz CT molecular complexity index is 1220. The summed E-state index contributed by atoms with van der Waals surface area (Å²) in [5.74, 6) is -1.89. The fourth-order valence-electron chi connectivity index (χ4n) is 4.54.